The highest BCUT2D eigenvalue weighted by atomic mass is 35.5. The number of aliphatic carboxylic acids is 1. The number of carbonyl (C=O) groups is 2. The summed E-state index contributed by atoms with van der Waals surface area (Å²) in [6, 6.07) is -0.418. The molecule has 6 heteroatoms. The van der Waals surface area contributed by atoms with Crippen LogP contribution in [0.15, 0.2) is 0 Å². The van der Waals surface area contributed by atoms with Crippen molar-refractivity contribution in [1.82, 2.24) is 4.90 Å². The van der Waals surface area contributed by atoms with Crippen LogP contribution in [0.3, 0.4) is 0 Å². The Balaban J connectivity index is 0.00000144. The first kappa shape index (κ1) is 12.2. The number of amides is 1. The van der Waals surface area contributed by atoms with E-state index in [9.17, 15) is 9.59 Å². The SMILES string of the molecule is Cl.NC1CCN(CCC(=O)O)C1=O. The molecule has 1 saturated heterocycles. The smallest absolute Gasteiger partial charge is 0.305 e. The van der Waals surface area contributed by atoms with E-state index in [2.05, 4.69) is 0 Å². The van der Waals surface area contributed by atoms with Crippen LogP contribution in [0.4, 0.5) is 0 Å². The van der Waals surface area contributed by atoms with Gasteiger partial charge in [-0.3, -0.25) is 9.59 Å². The summed E-state index contributed by atoms with van der Waals surface area (Å²) in [6.07, 6.45) is 0.636. The number of carboxylic acid groups (broad SMARTS) is 1. The van der Waals surface area contributed by atoms with Gasteiger partial charge in [-0.2, -0.15) is 0 Å². The van der Waals surface area contributed by atoms with Crippen molar-refractivity contribution in [3.05, 3.63) is 0 Å². The van der Waals surface area contributed by atoms with Gasteiger partial charge in [0.25, 0.3) is 0 Å². The van der Waals surface area contributed by atoms with Crippen LogP contribution in [0, 0.1) is 0 Å². The summed E-state index contributed by atoms with van der Waals surface area (Å²) < 4.78 is 0. The van der Waals surface area contributed by atoms with E-state index in [0.29, 0.717) is 13.0 Å². The van der Waals surface area contributed by atoms with E-state index in [1.54, 1.807) is 0 Å². The summed E-state index contributed by atoms with van der Waals surface area (Å²) in [5.74, 6) is -1.01. The van der Waals surface area contributed by atoms with Crippen molar-refractivity contribution >= 4 is 24.3 Å². The molecule has 0 saturated carbocycles. The number of nitrogens with zero attached hydrogens (tertiary/aromatic N) is 1. The van der Waals surface area contributed by atoms with Gasteiger partial charge in [-0.1, -0.05) is 0 Å². The number of rotatable bonds is 3. The number of carboxylic acids is 1. The summed E-state index contributed by atoms with van der Waals surface area (Å²) in [5.41, 5.74) is 5.44. The number of nitrogens with two attached hydrogens (primary N) is 1. The lowest BCUT2D eigenvalue weighted by molar-refractivity contribution is -0.138. The summed E-state index contributed by atoms with van der Waals surface area (Å²) in [6.45, 7) is 0.870. The number of halogens is 1. The van der Waals surface area contributed by atoms with Crippen molar-refractivity contribution in [2.24, 2.45) is 5.73 Å². The van der Waals surface area contributed by atoms with Crippen LogP contribution < -0.4 is 5.73 Å². The lowest BCUT2D eigenvalue weighted by Crippen LogP contribution is -2.35. The molecule has 1 aliphatic rings. The van der Waals surface area contributed by atoms with Crippen LogP contribution in [0.2, 0.25) is 0 Å². The molecule has 0 aliphatic carbocycles. The van der Waals surface area contributed by atoms with Gasteiger partial charge in [-0.25, -0.2) is 0 Å². The van der Waals surface area contributed by atoms with Gasteiger partial charge in [0.1, 0.15) is 0 Å². The summed E-state index contributed by atoms with van der Waals surface area (Å²) in [7, 11) is 0. The molecule has 1 amide bonds. The first-order valence-corrected chi connectivity index (χ1v) is 3.87. The van der Waals surface area contributed by atoms with Gasteiger partial charge in [-0.05, 0) is 6.42 Å². The molecule has 5 nitrogen and oxygen atoms in total. The first-order chi connectivity index (χ1) is 5.61. The quantitative estimate of drug-likeness (QED) is 0.652. The van der Waals surface area contributed by atoms with E-state index in [1.165, 1.54) is 4.90 Å². The largest absolute Gasteiger partial charge is 0.481 e. The average molecular weight is 209 g/mol. The highest BCUT2D eigenvalue weighted by molar-refractivity contribution is 5.85. The van der Waals surface area contributed by atoms with Crippen LogP contribution >= 0.6 is 12.4 Å². The minimum atomic E-state index is -0.886. The zero-order valence-corrected chi connectivity index (χ0v) is 7.92. The fraction of sp³-hybridized carbons (Fsp3) is 0.714. The molecule has 1 aliphatic heterocycles. The molecule has 0 spiro atoms. The Morgan fingerprint density at radius 3 is 2.69 bits per heavy atom. The molecule has 1 atom stereocenters. The van der Waals surface area contributed by atoms with E-state index >= 15 is 0 Å². The Labute approximate surface area is 82.3 Å². The van der Waals surface area contributed by atoms with Crippen molar-refractivity contribution in [1.29, 1.82) is 0 Å². The molecule has 1 rings (SSSR count). The second kappa shape index (κ2) is 5.04. The third-order valence-electron chi connectivity index (χ3n) is 1.93. The van der Waals surface area contributed by atoms with Gasteiger partial charge >= 0.3 is 5.97 Å². The van der Waals surface area contributed by atoms with Crippen LogP contribution in [-0.2, 0) is 9.59 Å². The average Bonchev–Trinajstić information content (AvgIpc) is 2.30. The summed E-state index contributed by atoms with van der Waals surface area (Å²) in [5, 5.41) is 8.36. The Kier molecular flexibility index (Phi) is 4.72. The second-order valence-corrected chi connectivity index (χ2v) is 2.86. The first-order valence-electron chi connectivity index (χ1n) is 3.87. The maximum Gasteiger partial charge on any atom is 0.305 e. The van der Waals surface area contributed by atoms with Crippen molar-refractivity contribution in [2.75, 3.05) is 13.1 Å². The molecule has 13 heavy (non-hydrogen) atoms. The van der Waals surface area contributed by atoms with E-state index in [4.69, 9.17) is 10.8 Å². The standard InChI is InChI=1S/C7H12N2O3.ClH/c8-5-1-3-9(7(5)12)4-2-6(10)11;/h5H,1-4,8H2,(H,10,11);1H. The fourth-order valence-electron chi connectivity index (χ4n) is 1.22. The topological polar surface area (TPSA) is 83.6 Å². The number of hydrogen-bond donors (Lipinski definition) is 2. The van der Waals surface area contributed by atoms with Crippen molar-refractivity contribution in [3.63, 3.8) is 0 Å². The van der Waals surface area contributed by atoms with Crippen LogP contribution in [0.1, 0.15) is 12.8 Å². The minimum Gasteiger partial charge on any atom is -0.481 e. The minimum absolute atomic E-state index is 0. The molecule has 0 radical (unpaired) electrons. The third kappa shape index (κ3) is 3.20. The Morgan fingerprint density at radius 2 is 2.31 bits per heavy atom. The Bertz CT molecular complexity index is 210. The Morgan fingerprint density at radius 1 is 1.69 bits per heavy atom. The molecule has 0 aromatic heterocycles. The predicted molar refractivity (Wildman–Crippen MR) is 48.7 cm³/mol. The molecule has 1 fully saturated rings. The molecule has 0 bridgehead atoms. The van der Waals surface area contributed by atoms with Crippen LogP contribution in [0.5, 0.6) is 0 Å². The van der Waals surface area contributed by atoms with E-state index in [1.807, 2.05) is 0 Å². The molecule has 0 aromatic rings. The highest BCUT2D eigenvalue weighted by Crippen LogP contribution is 2.08. The van der Waals surface area contributed by atoms with Crippen molar-refractivity contribution in [2.45, 2.75) is 18.9 Å². The number of likely N-dealkylation sites (tertiary alicyclic amines) is 1. The van der Waals surface area contributed by atoms with Gasteiger partial charge in [0.05, 0.1) is 12.5 Å². The van der Waals surface area contributed by atoms with E-state index < -0.39 is 12.0 Å². The maximum atomic E-state index is 11.1. The zero-order chi connectivity index (χ0) is 9.14. The van der Waals surface area contributed by atoms with Gasteiger partial charge in [0.2, 0.25) is 5.91 Å². The number of hydrogen-bond acceptors (Lipinski definition) is 3. The van der Waals surface area contributed by atoms with Crippen LogP contribution in [-0.4, -0.2) is 41.0 Å². The normalized spacial score (nSPS) is 21.5. The lowest BCUT2D eigenvalue weighted by Gasteiger charge is -2.13. The molecule has 1 heterocycles. The third-order valence-corrected chi connectivity index (χ3v) is 1.93. The summed E-state index contributed by atoms with van der Waals surface area (Å²) in [4.78, 5) is 22.8. The maximum absolute atomic E-state index is 11.1. The van der Waals surface area contributed by atoms with Gasteiger partial charge in [0.15, 0.2) is 0 Å². The fourth-order valence-corrected chi connectivity index (χ4v) is 1.22. The van der Waals surface area contributed by atoms with Gasteiger partial charge < -0.3 is 15.7 Å². The molecule has 1 unspecified atom stereocenters. The van der Waals surface area contributed by atoms with Gasteiger partial charge in [0, 0.05) is 13.1 Å². The van der Waals surface area contributed by atoms with Crippen molar-refractivity contribution in [3.8, 4) is 0 Å². The van der Waals surface area contributed by atoms with E-state index in [0.717, 1.165) is 0 Å². The number of carbonyl (C=O) groups excluding carboxylic acids is 1. The molecule has 3 N–H and O–H groups in total. The zero-order valence-electron chi connectivity index (χ0n) is 7.10. The second-order valence-electron chi connectivity index (χ2n) is 2.86. The van der Waals surface area contributed by atoms with E-state index in [-0.39, 0.29) is 31.3 Å². The van der Waals surface area contributed by atoms with Crippen LogP contribution in [0.25, 0.3) is 0 Å². The summed E-state index contributed by atoms with van der Waals surface area (Å²) >= 11 is 0. The molecular formula is C7H13ClN2O3. The monoisotopic (exact) mass is 208 g/mol. The molecule has 76 valence electrons. The molecular weight excluding hydrogens is 196 g/mol. The van der Waals surface area contributed by atoms with Gasteiger partial charge in [-0.15, -0.1) is 12.4 Å². The van der Waals surface area contributed by atoms with Crippen molar-refractivity contribution < 1.29 is 14.7 Å². The lowest BCUT2D eigenvalue weighted by atomic mass is 10.3. The predicted octanol–water partition coefficient (Wildman–Crippen LogP) is -0.557. The highest BCUT2D eigenvalue weighted by Gasteiger charge is 2.28. The Hall–Kier alpha value is -0.810. The molecule has 0 aromatic carbocycles.